The Balaban J connectivity index is 1.55. The summed E-state index contributed by atoms with van der Waals surface area (Å²) in [6.45, 7) is 5.12. The average Bonchev–Trinajstić information content (AvgIpc) is 3.15. The molecule has 2 aliphatic heterocycles. The first-order valence-electron chi connectivity index (χ1n) is 8.69. The molecule has 0 spiro atoms. The van der Waals surface area contributed by atoms with Crippen LogP contribution >= 0.6 is 0 Å². The monoisotopic (exact) mass is 322 g/mol. The zero-order chi connectivity index (χ0) is 16.4. The maximum atomic E-state index is 4.67. The Labute approximate surface area is 141 Å². The van der Waals surface area contributed by atoms with E-state index in [1.165, 1.54) is 29.7 Å². The number of nitrogens with zero attached hydrogens (tertiary/aromatic N) is 6. The van der Waals surface area contributed by atoms with Gasteiger partial charge in [-0.05, 0) is 26.7 Å². The summed E-state index contributed by atoms with van der Waals surface area (Å²) in [6, 6.07) is 3.12. The topological polar surface area (TPSA) is 51.2 Å². The summed E-state index contributed by atoms with van der Waals surface area (Å²) in [5, 5.41) is 9.17. The van der Waals surface area contributed by atoms with E-state index in [4.69, 9.17) is 0 Å². The van der Waals surface area contributed by atoms with E-state index in [9.17, 15) is 0 Å². The highest BCUT2D eigenvalue weighted by atomic mass is 15.3. The summed E-state index contributed by atoms with van der Waals surface area (Å²) >= 11 is 0. The van der Waals surface area contributed by atoms with E-state index in [0.717, 1.165) is 30.0 Å². The van der Waals surface area contributed by atoms with Crippen molar-refractivity contribution in [1.82, 2.24) is 29.3 Å². The second-order valence-electron chi connectivity index (χ2n) is 7.25. The quantitative estimate of drug-likeness (QED) is 0.727. The first kappa shape index (κ1) is 14.2. The van der Waals surface area contributed by atoms with Crippen LogP contribution in [0.4, 0.5) is 0 Å². The second-order valence-corrected chi connectivity index (χ2v) is 7.25. The van der Waals surface area contributed by atoms with E-state index >= 15 is 0 Å². The van der Waals surface area contributed by atoms with Crippen LogP contribution in [0, 0.1) is 13.8 Å². The first-order chi connectivity index (χ1) is 11.6. The predicted octanol–water partition coefficient (Wildman–Crippen LogP) is 2.34. The molecule has 3 aromatic rings. The van der Waals surface area contributed by atoms with Crippen LogP contribution in [0.5, 0.6) is 0 Å². The molecule has 0 aromatic carbocycles. The lowest BCUT2D eigenvalue weighted by Crippen LogP contribution is -2.38. The molecule has 2 atom stereocenters. The van der Waals surface area contributed by atoms with Gasteiger partial charge in [-0.3, -0.25) is 9.58 Å². The molecule has 5 heterocycles. The Hall–Kier alpha value is -2.21. The predicted molar refractivity (Wildman–Crippen MR) is 90.7 cm³/mol. The highest BCUT2D eigenvalue weighted by Gasteiger charge is 2.41. The van der Waals surface area contributed by atoms with Gasteiger partial charge in [0, 0.05) is 61.7 Å². The highest BCUT2D eigenvalue weighted by molar-refractivity contribution is 5.44. The van der Waals surface area contributed by atoms with Crippen LogP contribution in [0.3, 0.4) is 0 Å². The fourth-order valence-corrected chi connectivity index (χ4v) is 4.54. The summed E-state index contributed by atoms with van der Waals surface area (Å²) < 4.78 is 3.99. The number of rotatable bonds is 2. The minimum Gasteiger partial charge on any atom is -0.288 e. The van der Waals surface area contributed by atoms with E-state index in [0.29, 0.717) is 12.1 Å². The molecule has 3 aromatic heterocycles. The van der Waals surface area contributed by atoms with Crippen molar-refractivity contribution in [3.63, 3.8) is 0 Å². The van der Waals surface area contributed by atoms with Crippen LogP contribution in [0.2, 0.25) is 0 Å². The third kappa shape index (κ3) is 1.95. The van der Waals surface area contributed by atoms with Gasteiger partial charge in [0.25, 0.3) is 0 Å². The SMILES string of the molecule is Cc1cc2ncc3c(n2n1)C[C@@H]1CC[C@@H]3N1Cc1cn(C)nc1C. The van der Waals surface area contributed by atoms with Gasteiger partial charge in [0.2, 0.25) is 0 Å². The van der Waals surface area contributed by atoms with Crippen LogP contribution < -0.4 is 0 Å². The van der Waals surface area contributed by atoms with Gasteiger partial charge < -0.3 is 0 Å². The van der Waals surface area contributed by atoms with Crippen molar-refractivity contribution in [1.29, 1.82) is 0 Å². The second kappa shape index (κ2) is 4.89. The molecule has 1 fully saturated rings. The number of hydrogen-bond acceptors (Lipinski definition) is 4. The number of aryl methyl sites for hydroxylation is 3. The third-order valence-corrected chi connectivity index (χ3v) is 5.64. The van der Waals surface area contributed by atoms with E-state index < -0.39 is 0 Å². The molecule has 5 rings (SSSR count). The lowest BCUT2D eigenvalue weighted by molar-refractivity contribution is 0.165. The minimum absolute atomic E-state index is 0.458. The van der Waals surface area contributed by atoms with Crippen molar-refractivity contribution in [2.24, 2.45) is 7.05 Å². The number of hydrogen-bond donors (Lipinski definition) is 0. The molecule has 0 amide bonds. The molecule has 0 radical (unpaired) electrons. The van der Waals surface area contributed by atoms with Crippen molar-refractivity contribution in [3.05, 3.63) is 46.7 Å². The molecule has 0 unspecified atom stereocenters. The zero-order valence-corrected chi connectivity index (χ0v) is 14.4. The van der Waals surface area contributed by atoms with E-state index in [1.54, 1.807) is 0 Å². The highest BCUT2D eigenvalue weighted by Crippen LogP contribution is 2.44. The Morgan fingerprint density at radius 3 is 2.88 bits per heavy atom. The molecule has 6 heteroatoms. The standard InChI is InChI=1S/C18H22N6/c1-11-6-18-19-8-15-16-5-4-14(7-17(15)24(18)20-11)23(16)10-13-9-22(3)21-12(13)2/h6,8-9,14,16H,4-5,7,10H2,1-3H3/t14-,16-/m0/s1. The number of fused-ring (bicyclic) bond motifs is 6. The van der Waals surface area contributed by atoms with Crippen molar-refractivity contribution in [2.75, 3.05) is 0 Å². The molecule has 0 aliphatic carbocycles. The fraction of sp³-hybridized carbons (Fsp3) is 0.500. The molecular weight excluding hydrogens is 300 g/mol. The summed E-state index contributed by atoms with van der Waals surface area (Å²) in [4.78, 5) is 7.30. The molecule has 0 saturated carbocycles. The molecule has 2 bridgehead atoms. The van der Waals surface area contributed by atoms with Gasteiger partial charge in [-0.15, -0.1) is 0 Å². The van der Waals surface area contributed by atoms with Crippen molar-refractivity contribution < 1.29 is 0 Å². The van der Waals surface area contributed by atoms with Crippen molar-refractivity contribution in [3.8, 4) is 0 Å². The average molecular weight is 322 g/mol. The Bertz CT molecular complexity index is 937. The molecule has 124 valence electrons. The normalized spacial score (nSPS) is 23.1. The number of aromatic nitrogens is 5. The Kier molecular flexibility index (Phi) is 2.89. The molecule has 1 saturated heterocycles. The lowest BCUT2D eigenvalue weighted by atomic mass is 9.98. The molecule has 6 nitrogen and oxygen atoms in total. The van der Waals surface area contributed by atoms with Gasteiger partial charge in [0.1, 0.15) is 0 Å². The zero-order valence-electron chi connectivity index (χ0n) is 14.4. The van der Waals surface area contributed by atoms with E-state index in [-0.39, 0.29) is 0 Å². The van der Waals surface area contributed by atoms with Crippen LogP contribution in [0.25, 0.3) is 5.65 Å². The maximum absolute atomic E-state index is 4.67. The molecule has 2 aliphatic rings. The van der Waals surface area contributed by atoms with Crippen LogP contribution in [0.15, 0.2) is 18.5 Å². The first-order valence-corrected chi connectivity index (χ1v) is 8.69. The van der Waals surface area contributed by atoms with E-state index in [1.807, 2.05) is 18.7 Å². The van der Waals surface area contributed by atoms with E-state index in [2.05, 4.69) is 50.0 Å². The lowest BCUT2D eigenvalue weighted by Gasteiger charge is -2.36. The summed E-state index contributed by atoms with van der Waals surface area (Å²) in [7, 11) is 2.00. The molecular formula is C18H22N6. The Morgan fingerprint density at radius 2 is 2.08 bits per heavy atom. The Morgan fingerprint density at radius 1 is 1.21 bits per heavy atom. The van der Waals surface area contributed by atoms with Gasteiger partial charge in [0.05, 0.1) is 17.1 Å². The van der Waals surface area contributed by atoms with Gasteiger partial charge in [-0.2, -0.15) is 10.2 Å². The largest absolute Gasteiger partial charge is 0.288 e. The smallest absolute Gasteiger partial charge is 0.155 e. The minimum atomic E-state index is 0.458. The summed E-state index contributed by atoms with van der Waals surface area (Å²) in [5.41, 5.74) is 7.21. The van der Waals surface area contributed by atoms with Gasteiger partial charge in [0.15, 0.2) is 5.65 Å². The fourth-order valence-electron chi connectivity index (χ4n) is 4.54. The maximum Gasteiger partial charge on any atom is 0.155 e. The third-order valence-electron chi connectivity index (χ3n) is 5.64. The van der Waals surface area contributed by atoms with Crippen molar-refractivity contribution >= 4 is 5.65 Å². The van der Waals surface area contributed by atoms with Crippen LogP contribution in [-0.2, 0) is 20.0 Å². The van der Waals surface area contributed by atoms with Crippen LogP contribution in [-0.4, -0.2) is 35.3 Å². The van der Waals surface area contributed by atoms with Gasteiger partial charge >= 0.3 is 0 Å². The molecule has 24 heavy (non-hydrogen) atoms. The molecule has 0 N–H and O–H groups in total. The van der Waals surface area contributed by atoms with Crippen molar-refractivity contribution in [2.45, 2.75) is 51.7 Å². The van der Waals surface area contributed by atoms with Gasteiger partial charge in [-0.1, -0.05) is 0 Å². The van der Waals surface area contributed by atoms with Gasteiger partial charge in [-0.25, -0.2) is 9.50 Å². The summed E-state index contributed by atoms with van der Waals surface area (Å²) in [6.07, 6.45) is 7.76. The summed E-state index contributed by atoms with van der Waals surface area (Å²) in [5.74, 6) is 0. The van der Waals surface area contributed by atoms with Crippen LogP contribution in [0.1, 0.15) is 47.1 Å².